The molecule has 2 aromatic rings. The summed E-state index contributed by atoms with van der Waals surface area (Å²) >= 11 is 0. The Labute approximate surface area is 102 Å². The van der Waals surface area contributed by atoms with Crippen LogP contribution < -0.4 is 17.1 Å². The van der Waals surface area contributed by atoms with Crippen molar-refractivity contribution in [3.05, 3.63) is 32.7 Å². The fourth-order valence-electron chi connectivity index (χ4n) is 1.41. The Morgan fingerprint density at radius 2 is 1.94 bits per heavy atom. The van der Waals surface area contributed by atoms with Gasteiger partial charge in [-0.2, -0.15) is 14.8 Å². The zero-order chi connectivity index (χ0) is 13.5. The summed E-state index contributed by atoms with van der Waals surface area (Å²) in [4.78, 5) is 30.3. The number of nitrogen functional groups attached to an aromatic ring is 1. The molecule has 8 nitrogen and oxygen atoms in total. The third-order valence-electron chi connectivity index (χ3n) is 2.36. The van der Waals surface area contributed by atoms with Gasteiger partial charge in [-0.05, 0) is 0 Å². The van der Waals surface area contributed by atoms with Gasteiger partial charge < -0.3 is 5.73 Å². The lowest BCUT2D eigenvalue weighted by molar-refractivity contribution is 0.558. The molecule has 2 heterocycles. The zero-order valence-corrected chi connectivity index (χ0v) is 10.3. The Kier molecular flexibility index (Phi) is 2.57. The molecule has 2 rings (SSSR count). The minimum Gasteiger partial charge on any atom is -0.383 e. The highest BCUT2D eigenvalue weighted by atomic mass is 16.2. The Morgan fingerprint density at radius 1 is 1.28 bits per heavy atom. The van der Waals surface area contributed by atoms with Crippen LogP contribution in [0, 0.1) is 0 Å². The van der Waals surface area contributed by atoms with Gasteiger partial charge in [0.1, 0.15) is 5.82 Å². The fourth-order valence-corrected chi connectivity index (χ4v) is 1.41. The maximum Gasteiger partial charge on any atom is 0.352 e. The smallest absolute Gasteiger partial charge is 0.352 e. The number of nitrogens with one attached hydrogen (secondary N) is 2. The molecular weight excluding hydrogens is 236 g/mol. The van der Waals surface area contributed by atoms with Gasteiger partial charge in [0.25, 0.3) is 0 Å². The molecule has 18 heavy (non-hydrogen) atoms. The van der Waals surface area contributed by atoms with Crippen LogP contribution in [-0.2, 0) is 5.41 Å². The number of aromatic nitrogens is 5. The first-order chi connectivity index (χ1) is 8.27. The van der Waals surface area contributed by atoms with Crippen LogP contribution in [0.25, 0.3) is 5.95 Å². The molecule has 0 saturated carbocycles. The molecule has 0 unspecified atom stereocenters. The van der Waals surface area contributed by atoms with Crippen LogP contribution in [0.4, 0.5) is 5.82 Å². The van der Waals surface area contributed by atoms with Crippen molar-refractivity contribution in [1.82, 2.24) is 24.7 Å². The van der Waals surface area contributed by atoms with E-state index in [1.807, 2.05) is 25.8 Å². The number of H-pyrrole nitrogens is 2. The lowest BCUT2D eigenvalue weighted by Gasteiger charge is -2.13. The van der Waals surface area contributed by atoms with E-state index in [1.54, 1.807) is 6.07 Å². The van der Waals surface area contributed by atoms with Gasteiger partial charge in [-0.1, -0.05) is 20.8 Å². The minimum atomic E-state index is -0.749. The molecule has 0 radical (unpaired) electrons. The maximum atomic E-state index is 11.2. The second-order valence-electron chi connectivity index (χ2n) is 4.94. The summed E-state index contributed by atoms with van der Waals surface area (Å²) in [6, 6.07) is 1.68. The van der Waals surface area contributed by atoms with Gasteiger partial charge >= 0.3 is 11.4 Å². The summed E-state index contributed by atoms with van der Waals surface area (Å²) in [6.45, 7) is 5.94. The van der Waals surface area contributed by atoms with Crippen molar-refractivity contribution < 1.29 is 0 Å². The van der Waals surface area contributed by atoms with Crippen LogP contribution in [0.15, 0.2) is 15.7 Å². The predicted octanol–water partition coefficient (Wildman–Crippen LogP) is -0.476. The molecule has 0 amide bonds. The molecule has 0 aliphatic rings. The summed E-state index contributed by atoms with van der Waals surface area (Å²) in [5.41, 5.74) is 4.94. The Hall–Kier alpha value is -2.38. The van der Waals surface area contributed by atoms with Crippen molar-refractivity contribution in [2.24, 2.45) is 0 Å². The molecule has 0 atom stereocenters. The Morgan fingerprint density at radius 3 is 2.44 bits per heavy atom. The Balaban J connectivity index is 2.61. The SMILES string of the molecule is CC(C)(C)c1cc(N)n(-c2nc(=O)[nH]c(=O)[nH]2)n1. The van der Waals surface area contributed by atoms with Gasteiger partial charge in [-0.15, -0.1) is 0 Å². The summed E-state index contributed by atoms with van der Waals surface area (Å²) in [7, 11) is 0. The van der Waals surface area contributed by atoms with E-state index in [9.17, 15) is 9.59 Å². The van der Waals surface area contributed by atoms with E-state index in [1.165, 1.54) is 4.68 Å². The topological polar surface area (TPSA) is 122 Å². The van der Waals surface area contributed by atoms with Crippen LogP contribution in [0.1, 0.15) is 26.5 Å². The minimum absolute atomic E-state index is 0.00301. The number of aromatic amines is 2. The van der Waals surface area contributed by atoms with Crippen molar-refractivity contribution in [2.45, 2.75) is 26.2 Å². The molecule has 2 aromatic heterocycles. The van der Waals surface area contributed by atoms with E-state index in [-0.39, 0.29) is 11.4 Å². The molecule has 8 heteroatoms. The van der Waals surface area contributed by atoms with Gasteiger partial charge in [0.2, 0.25) is 5.95 Å². The average Bonchev–Trinajstić information content (AvgIpc) is 2.58. The number of rotatable bonds is 1. The normalized spacial score (nSPS) is 11.7. The standard InChI is InChI=1S/C10H14N6O2/c1-10(2,3)5-4-6(11)16(15-5)7-12-8(17)14-9(18)13-7/h4H,11H2,1-3H3,(H2,12,13,14,17,18). The van der Waals surface area contributed by atoms with Crippen LogP contribution in [-0.4, -0.2) is 24.7 Å². The van der Waals surface area contributed by atoms with Crippen LogP contribution in [0.5, 0.6) is 0 Å². The summed E-state index contributed by atoms with van der Waals surface area (Å²) < 4.78 is 1.23. The molecule has 0 saturated heterocycles. The molecule has 96 valence electrons. The lowest BCUT2D eigenvalue weighted by atomic mass is 9.92. The number of nitrogens with two attached hydrogens (primary N) is 1. The van der Waals surface area contributed by atoms with Gasteiger partial charge in [-0.25, -0.2) is 9.59 Å². The molecule has 0 aliphatic heterocycles. The molecule has 0 fully saturated rings. The first-order valence-corrected chi connectivity index (χ1v) is 5.34. The summed E-state index contributed by atoms with van der Waals surface area (Å²) in [6.07, 6.45) is 0. The van der Waals surface area contributed by atoms with E-state index in [0.29, 0.717) is 5.82 Å². The van der Waals surface area contributed by atoms with Crippen molar-refractivity contribution in [2.75, 3.05) is 5.73 Å². The van der Waals surface area contributed by atoms with Crippen molar-refractivity contribution in [3.8, 4) is 5.95 Å². The van der Waals surface area contributed by atoms with Crippen molar-refractivity contribution >= 4 is 5.82 Å². The largest absolute Gasteiger partial charge is 0.383 e. The third-order valence-corrected chi connectivity index (χ3v) is 2.36. The number of hydrogen-bond acceptors (Lipinski definition) is 5. The third kappa shape index (κ3) is 2.17. The van der Waals surface area contributed by atoms with Gasteiger partial charge in [0, 0.05) is 11.5 Å². The molecule has 0 aliphatic carbocycles. The van der Waals surface area contributed by atoms with Crippen molar-refractivity contribution in [3.63, 3.8) is 0 Å². The van der Waals surface area contributed by atoms with Crippen LogP contribution in [0.2, 0.25) is 0 Å². The van der Waals surface area contributed by atoms with E-state index in [4.69, 9.17) is 5.73 Å². The number of anilines is 1. The summed E-state index contributed by atoms with van der Waals surface area (Å²) in [5, 5.41) is 4.24. The second-order valence-corrected chi connectivity index (χ2v) is 4.94. The predicted molar refractivity (Wildman–Crippen MR) is 65.7 cm³/mol. The van der Waals surface area contributed by atoms with E-state index in [2.05, 4.69) is 15.1 Å². The number of hydrogen-bond donors (Lipinski definition) is 3. The highest BCUT2D eigenvalue weighted by Gasteiger charge is 2.20. The van der Waals surface area contributed by atoms with Crippen molar-refractivity contribution in [1.29, 1.82) is 0 Å². The molecule has 0 aromatic carbocycles. The van der Waals surface area contributed by atoms with E-state index in [0.717, 1.165) is 5.69 Å². The highest BCUT2D eigenvalue weighted by molar-refractivity contribution is 5.38. The van der Waals surface area contributed by atoms with Crippen LogP contribution >= 0.6 is 0 Å². The van der Waals surface area contributed by atoms with Crippen LogP contribution in [0.3, 0.4) is 0 Å². The summed E-state index contributed by atoms with van der Waals surface area (Å²) in [5.74, 6) is 0.297. The van der Waals surface area contributed by atoms with Gasteiger partial charge in [0.05, 0.1) is 5.69 Å². The quantitative estimate of drug-likeness (QED) is 0.631. The van der Waals surface area contributed by atoms with E-state index >= 15 is 0 Å². The second kappa shape index (κ2) is 3.83. The zero-order valence-electron chi connectivity index (χ0n) is 10.3. The maximum absolute atomic E-state index is 11.2. The molecule has 4 N–H and O–H groups in total. The van der Waals surface area contributed by atoms with E-state index < -0.39 is 11.4 Å². The monoisotopic (exact) mass is 250 g/mol. The Bertz CT molecular complexity index is 659. The van der Waals surface area contributed by atoms with Gasteiger partial charge in [-0.3, -0.25) is 9.97 Å². The number of nitrogens with zero attached hydrogens (tertiary/aromatic N) is 3. The fraction of sp³-hybridized carbons (Fsp3) is 0.400. The highest BCUT2D eigenvalue weighted by Crippen LogP contribution is 2.23. The first kappa shape index (κ1) is 12.1. The molecular formula is C10H14N6O2. The first-order valence-electron chi connectivity index (χ1n) is 5.34. The van der Waals surface area contributed by atoms with Gasteiger partial charge in [0.15, 0.2) is 0 Å². The lowest BCUT2D eigenvalue weighted by Crippen LogP contribution is -2.28. The molecule has 0 spiro atoms. The average molecular weight is 250 g/mol. The molecule has 0 bridgehead atoms.